The van der Waals surface area contributed by atoms with Crippen LogP contribution in [0, 0.1) is 0 Å². The molecular weight excluding hydrogens is 202 g/mol. The van der Waals surface area contributed by atoms with E-state index in [0.29, 0.717) is 5.75 Å². The van der Waals surface area contributed by atoms with Crippen molar-refractivity contribution >= 4 is 6.09 Å². The first-order chi connectivity index (χ1) is 7.77. The lowest BCUT2D eigenvalue weighted by Crippen LogP contribution is -2.34. The molecule has 1 aliphatic heterocycles. The van der Waals surface area contributed by atoms with E-state index in [1.54, 1.807) is 17.0 Å². The van der Waals surface area contributed by atoms with Crippen LogP contribution in [0.25, 0.3) is 0 Å². The van der Waals surface area contributed by atoms with E-state index in [1.807, 2.05) is 25.1 Å². The number of hydrogen-bond acceptors (Lipinski definition) is 2. The standard InChI is InChI=1S/C13H15NO2/c1-11-7-5-6-10-14(11)13(15)16-12-8-3-2-4-9-12/h2-4,7-9H,5-6,10H2,1H3. The highest BCUT2D eigenvalue weighted by Gasteiger charge is 2.19. The summed E-state index contributed by atoms with van der Waals surface area (Å²) in [6, 6.07) is 9.15. The number of rotatable bonds is 1. The molecular formula is C13H15NO2. The Morgan fingerprint density at radius 3 is 2.75 bits per heavy atom. The average molecular weight is 217 g/mol. The minimum absolute atomic E-state index is 0.292. The summed E-state index contributed by atoms with van der Waals surface area (Å²) in [6.45, 7) is 2.68. The van der Waals surface area contributed by atoms with E-state index in [9.17, 15) is 4.79 Å². The Morgan fingerprint density at radius 1 is 1.31 bits per heavy atom. The Kier molecular flexibility index (Phi) is 3.25. The van der Waals surface area contributed by atoms with Gasteiger partial charge in [0.1, 0.15) is 5.75 Å². The molecule has 3 nitrogen and oxygen atoms in total. The summed E-state index contributed by atoms with van der Waals surface area (Å²) in [5.41, 5.74) is 0.979. The Labute approximate surface area is 95.3 Å². The molecule has 0 unspecified atom stereocenters. The molecule has 1 aliphatic rings. The molecule has 0 spiro atoms. The van der Waals surface area contributed by atoms with Crippen LogP contribution in [-0.4, -0.2) is 17.5 Å². The molecule has 3 heteroatoms. The molecule has 0 saturated carbocycles. The van der Waals surface area contributed by atoms with Crippen LogP contribution in [0.5, 0.6) is 5.75 Å². The van der Waals surface area contributed by atoms with Gasteiger partial charge in [-0.05, 0) is 31.9 Å². The fourth-order valence-corrected chi connectivity index (χ4v) is 1.73. The van der Waals surface area contributed by atoms with Gasteiger partial charge in [0, 0.05) is 12.2 Å². The molecule has 0 N–H and O–H groups in total. The van der Waals surface area contributed by atoms with Gasteiger partial charge in [0.05, 0.1) is 0 Å². The third kappa shape index (κ3) is 2.42. The van der Waals surface area contributed by atoms with Crippen molar-refractivity contribution in [1.82, 2.24) is 4.90 Å². The fraction of sp³-hybridized carbons (Fsp3) is 0.308. The van der Waals surface area contributed by atoms with Gasteiger partial charge in [-0.1, -0.05) is 24.3 Å². The molecule has 0 bridgehead atoms. The third-order valence-electron chi connectivity index (χ3n) is 2.62. The van der Waals surface area contributed by atoms with E-state index in [1.165, 1.54) is 0 Å². The van der Waals surface area contributed by atoms with Crippen LogP contribution in [0.15, 0.2) is 42.1 Å². The van der Waals surface area contributed by atoms with Crippen LogP contribution in [-0.2, 0) is 0 Å². The van der Waals surface area contributed by atoms with Crippen LogP contribution in [0.4, 0.5) is 4.79 Å². The zero-order valence-electron chi connectivity index (χ0n) is 9.35. The van der Waals surface area contributed by atoms with Crippen LogP contribution < -0.4 is 4.74 Å². The second-order valence-corrected chi connectivity index (χ2v) is 3.82. The fourth-order valence-electron chi connectivity index (χ4n) is 1.73. The number of allylic oxidation sites excluding steroid dienone is 2. The van der Waals surface area contributed by atoms with Crippen molar-refractivity contribution in [2.45, 2.75) is 19.8 Å². The summed E-state index contributed by atoms with van der Waals surface area (Å²) < 4.78 is 5.27. The average Bonchev–Trinajstić information content (AvgIpc) is 2.31. The first-order valence-corrected chi connectivity index (χ1v) is 5.48. The largest absolute Gasteiger partial charge is 0.419 e. The minimum atomic E-state index is -0.292. The molecule has 1 amide bonds. The summed E-state index contributed by atoms with van der Waals surface area (Å²) in [6.07, 6.45) is 3.82. The van der Waals surface area contributed by atoms with E-state index in [4.69, 9.17) is 4.74 Å². The van der Waals surface area contributed by atoms with Crippen molar-refractivity contribution in [1.29, 1.82) is 0 Å². The Hall–Kier alpha value is -1.77. The molecule has 0 aromatic heterocycles. The summed E-state index contributed by atoms with van der Waals surface area (Å²) in [5, 5.41) is 0. The predicted octanol–water partition coefficient (Wildman–Crippen LogP) is 3.19. The minimum Gasteiger partial charge on any atom is -0.410 e. The Morgan fingerprint density at radius 2 is 2.06 bits per heavy atom. The van der Waals surface area contributed by atoms with E-state index in [2.05, 4.69) is 6.08 Å². The number of amides is 1. The van der Waals surface area contributed by atoms with Crippen molar-refractivity contribution in [3.05, 3.63) is 42.1 Å². The lowest BCUT2D eigenvalue weighted by atomic mass is 10.2. The van der Waals surface area contributed by atoms with Crippen molar-refractivity contribution in [3.8, 4) is 5.75 Å². The number of carbonyl (C=O) groups is 1. The second-order valence-electron chi connectivity index (χ2n) is 3.82. The van der Waals surface area contributed by atoms with Gasteiger partial charge in [-0.15, -0.1) is 0 Å². The lowest BCUT2D eigenvalue weighted by Gasteiger charge is -2.25. The highest BCUT2D eigenvalue weighted by Crippen LogP contribution is 2.17. The number of benzene rings is 1. The molecule has 84 valence electrons. The topological polar surface area (TPSA) is 29.5 Å². The first kappa shape index (κ1) is 10.7. The van der Waals surface area contributed by atoms with Gasteiger partial charge >= 0.3 is 6.09 Å². The van der Waals surface area contributed by atoms with Gasteiger partial charge in [0.2, 0.25) is 0 Å². The molecule has 0 aliphatic carbocycles. The highest BCUT2D eigenvalue weighted by atomic mass is 16.6. The quantitative estimate of drug-likeness (QED) is 0.723. The smallest absolute Gasteiger partial charge is 0.410 e. The molecule has 0 saturated heterocycles. The van der Waals surface area contributed by atoms with Crippen molar-refractivity contribution in [3.63, 3.8) is 0 Å². The summed E-state index contributed by atoms with van der Waals surface area (Å²) in [5.74, 6) is 0.589. The van der Waals surface area contributed by atoms with Crippen molar-refractivity contribution < 1.29 is 9.53 Å². The van der Waals surface area contributed by atoms with Crippen molar-refractivity contribution in [2.24, 2.45) is 0 Å². The van der Waals surface area contributed by atoms with E-state index >= 15 is 0 Å². The number of carbonyl (C=O) groups excluding carboxylic acids is 1. The zero-order valence-corrected chi connectivity index (χ0v) is 9.35. The van der Waals surface area contributed by atoms with Crippen LogP contribution in [0.2, 0.25) is 0 Å². The maximum absolute atomic E-state index is 11.8. The molecule has 1 heterocycles. The van der Waals surface area contributed by atoms with Gasteiger partial charge < -0.3 is 4.74 Å². The molecule has 1 aromatic rings. The molecule has 16 heavy (non-hydrogen) atoms. The van der Waals surface area contributed by atoms with Gasteiger partial charge in [-0.3, -0.25) is 4.90 Å². The maximum atomic E-state index is 11.8. The van der Waals surface area contributed by atoms with Gasteiger partial charge in [-0.25, -0.2) is 4.79 Å². The zero-order chi connectivity index (χ0) is 11.4. The van der Waals surface area contributed by atoms with Gasteiger partial charge in [0.15, 0.2) is 0 Å². The molecule has 0 radical (unpaired) electrons. The van der Waals surface area contributed by atoms with Crippen LogP contribution >= 0.6 is 0 Å². The number of para-hydroxylation sites is 1. The Balaban J connectivity index is 2.03. The molecule has 0 fully saturated rings. The predicted molar refractivity (Wildman–Crippen MR) is 62.2 cm³/mol. The van der Waals surface area contributed by atoms with Gasteiger partial charge in [0.25, 0.3) is 0 Å². The normalized spacial score (nSPS) is 15.6. The van der Waals surface area contributed by atoms with Crippen LogP contribution in [0.1, 0.15) is 19.8 Å². The van der Waals surface area contributed by atoms with E-state index in [-0.39, 0.29) is 6.09 Å². The molecule has 1 aromatic carbocycles. The highest BCUT2D eigenvalue weighted by molar-refractivity contribution is 5.72. The lowest BCUT2D eigenvalue weighted by molar-refractivity contribution is 0.163. The number of hydrogen-bond donors (Lipinski definition) is 0. The van der Waals surface area contributed by atoms with Crippen molar-refractivity contribution in [2.75, 3.05) is 6.54 Å². The van der Waals surface area contributed by atoms with Crippen LogP contribution in [0.3, 0.4) is 0 Å². The number of nitrogens with zero attached hydrogens (tertiary/aromatic N) is 1. The van der Waals surface area contributed by atoms with Gasteiger partial charge in [-0.2, -0.15) is 0 Å². The number of ether oxygens (including phenoxy) is 1. The maximum Gasteiger partial charge on any atom is 0.419 e. The third-order valence-corrected chi connectivity index (χ3v) is 2.62. The molecule has 0 atom stereocenters. The molecule has 2 rings (SSSR count). The van der Waals surface area contributed by atoms with E-state index in [0.717, 1.165) is 25.1 Å². The summed E-state index contributed by atoms with van der Waals surface area (Å²) in [4.78, 5) is 13.5. The summed E-state index contributed by atoms with van der Waals surface area (Å²) in [7, 11) is 0. The monoisotopic (exact) mass is 217 g/mol. The SMILES string of the molecule is CC1=CCCCN1C(=O)Oc1ccccc1. The summed E-state index contributed by atoms with van der Waals surface area (Å²) >= 11 is 0. The first-order valence-electron chi connectivity index (χ1n) is 5.48. The second kappa shape index (κ2) is 4.84. The Bertz CT molecular complexity index is 398. The van der Waals surface area contributed by atoms with E-state index < -0.39 is 0 Å².